The van der Waals surface area contributed by atoms with E-state index in [2.05, 4.69) is 30.9 Å². The molecule has 6 nitrogen and oxygen atoms in total. The van der Waals surface area contributed by atoms with E-state index in [-0.39, 0.29) is 11.9 Å². The Bertz CT molecular complexity index is 832. The van der Waals surface area contributed by atoms with Gasteiger partial charge in [0.2, 0.25) is 5.91 Å². The first kappa shape index (κ1) is 26.7. The highest BCUT2D eigenvalue weighted by molar-refractivity contribution is 5.78. The van der Waals surface area contributed by atoms with E-state index in [4.69, 9.17) is 9.15 Å². The Kier molecular flexibility index (Phi) is 11.7. The molecule has 1 amide bonds. The lowest BCUT2D eigenvalue weighted by molar-refractivity contribution is -0.143. The molecule has 0 aliphatic carbocycles. The number of hydrogen-bond acceptors (Lipinski definition) is 5. The second-order valence-corrected chi connectivity index (χ2v) is 8.93. The van der Waals surface area contributed by atoms with Crippen molar-refractivity contribution < 1.29 is 18.7 Å². The summed E-state index contributed by atoms with van der Waals surface area (Å²) in [5.74, 6) is 2.10. The molecule has 0 unspecified atom stereocenters. The van der Waals surface area contributed by atoms with Crippen LogP contribution < -0.4 is 0 Å². The number of aryl methyl sites for hydroxylation is 1. The molecule has 182 valence electrons. The number of benzene rings is 1. The summed E-state index contributed by atoms with van der Waals surface area (Å²) in [6, 6.07) is 14.1. The molecular formula is C27H40N2O4. The number of carbonyl (C=O) groups excluding carboxylic acids is 2. The van der Waals surface area contributed by atoms with Gasteiger partial charge in [0.05, 0.1) is 19.7 Å². The van der Waals surface area contributed by atoms with Crippen LogP contribution in [0.4, 0.5) is 0 Å². The van der Waals surface area contributed by atoms with Crippen LogP contribution in [0.2, 0.25) is 0 Å². The van der Waals surface area contributed by atoms with Gasteiger partial charge in [-0.05, 0) is 69.8 Å². The van der Waals surface area contributed by atoms with Gasteiger partial charge in [0, 0.05) is 13.0 Å². The van der Waals surface area contributed by atoms with Gasteiger partial charge in [0.25, 0.3) is 0 Å². The van der Waals surface area contributed by atoms with Gasteiger partial charge in [-0.1, -0.05) is 44.2 Å². The average molecular weight is 457 g/mol. The number of nitrogens with zero attached hydrogens (tertiary/aromatic N) is 2. The molecule has 2 rings (SSSR count). The quantitative estimate of drug-likeness (QED) is 0.359. The predicted octanol–water partition coefficient (Wildman–Crippen LogP) is 4.85. The SMILES string of the molecule is CCOC(=O)CCCN(CCC(C)C)CC(=O)N(CCc1ccccc1)Cc1ccc(C)o1. The zero-order chi connectivity index (χ0) is 24.1. The minimum absolute atomic E-state index is 0.0832. The van der Waals surface area contributed by atoms with Crippen LogP contribution in [0.3, 0.4) is 0 Å². The third kappa shape index (κ3) is 10.7. The maximum absolute atomic E-state index is 13.4. The van der Waals surface area contributed by atoms with Crippen LogP contribution in [-0.4, -0.2) is 54.5 Å². The maximum Gasteiger partial charge on any atom is 0.305 e. The smallest absolute Gasteiger partial charge is 0.305 e. The third-order valence-corrected chi connectivity index (χ3v) is 5.55. The fourth-order valence-corrected chi connectivity index (χ4v) is 3.64. The molecule has 0 radical (unpaired) electrons. The van der Waals surface area contributed by atoms with Crippen molar-refractivity contribution in [2.24, 2.45) is 5.92 Å². The van der Waals surface area contributed by atoms with E-state index < -0.39 is 0 Å². The fraction of sp³-hybridized carbons (Fsp3) is 0.556. The average Bonchev–Trinajstić information content (AvgIpc) is 3.20. The Morgan fingerprint density at radius 2 is 1.79 bits per heavy atom. The molecule has 1 heterocycles. The highest BCUT2D eigenvalue weighted by Crippen LogP contribution is 2.13. The molecule has 0 saturated heterocycles. The summed E-state index contributed by atoms with van der Waals surface area (Å²) in [6.07, 6.45) is 2.87. The van der Waals surface area contributed by atoms with E-state index in [9.17, 15) is 9.59 Å². The number of esters is 1. The van der Waals surface area contributed by atoms with E-state index in [0.29, 0.717) is 51.5 Å². The van der Waals surface area contributed by atoms with Crippen LogP contribution >= 0.6 is 0 Å². The number of ether oxygens (including phenoxy) is 1. The van der Waals surface area contributed by atoms with Gasteiger partial charge < -0.3 is 14.1 Å². The highest BCUT2D eigenvalue weighted by atomic mass is 16.5. The second kappa shape index (κ2) is 14.5. The topological polar surface area (TPSA) is 63.0 Å². The predicted molar refractivity (Wildman–Crippen MR) is 131 cm³/mol. The van der Waals surface area contributed by atoms with E-state index >= 15 is 0 Å². The van der Waals surface area contributed by atoms with Gasteiger partial charge in [-0.3, -0.25) is 14.5 Å². The number of hydrogen-bond donors (Lipinski definition) is 0. The number of furan rings is 1. The van der Waals surface area contributed by atoms with Gasteiger partial charge in [0.1, 0.15) is 11.5 Å². The van der Waals surface area contributed by atoms with Gasteiger partial charge in [-0.2, -0.15) is 0 Å². The van der Waals surface area contributed by atoms with Crippen LogP contribution in [0.15, 0.2) is 46.9 Å². The fourth-order valence-electron chi connectivity index (χ4n) is 3.64. The van der Waals surface area contributed by atoms with Gasteiger partial charge in [-0.15, -0.1) is 0 Å². The molecule has 0 N–H and O–H groups in total. The zero-order valence-corrected chi connectivity index (χ0v) is 20.7. The van der Waals surface area contributed by atoms with Crippen LogP contribution in [-0.2, 0) is 27.3 Å². The summed E-state index contributed by atoms with van der Waals surface area (Å²) in [7, 11) is 0. The number of carbonyl (C=O) groups is 2. The first-order valence-corrected chi connectivity index (χ1v) is 12.1. The summed E-state index contributed by atoms with van der Waals surface area (Å²) < 4.78 is 10.8. The molecule has 0 spiro atoms. The van der Waals surface area contributed by atoms with Crippen LogP contribution in [0, 0.1) is 12.8 Å². The van der Waals surface area contributed by atoms with E-state index in [1.54, 1.807) is 0 Å². The standard InChI is InChI=1S/C27H40N2O4/c1-5-32-27(31)12-9-17-28(18-15-22(2)3)21-26(30)29(20-25-14-13-23(4)33-25)19-16-24-10-7-6-8-11-24/h6-8,10-11,13-14,22H,5,9,12,15-21H2,1-4H3. The summed E-state index contributed by atoms with van der Waals surface area (Å²) in [6.45, 7) is 11.5. The Morgan fingerprint density at radius 3 is 2.42 bits per heavy atom. The molecule has 0 aliphatic rings. The molecule has 33 heavy (non-hydrogen) atoms. The van der Waals surface area contributed by atoms with Crippen LogP contribution in [0.5, 0.6) is 0 Å². The molecule has 0 bridgehead atoms. The Balaban J connectivity index is 2.02. The first-order valence-electron chi connectivity index (χ1n) is 12.1. The maximum atomic E-state index is 13.4. The molecule has 0 atom stereocenters. The normalized spacial score (nSPS) is 11.2. The van der Waals surface area contributed by atoms with E-state index in [0.717, 1.165) is 30.9 Å². The summed E-state index contributed by atoms with van der Waals surface area (Å²) in [5.41, 5.74) is 1.21. The lowest BCUT2D eigenvalue weighted by atomic mass is 10.1. The van der Waals surface area contributed by atoms with Crippen molar-refractivity contribution in [3.63, 3.8) is 0 Å². The molecule has 0 saturated carbocycles. The Hall–Kier alpha value is -2.60. The van der Waals surface area contributed by atoms with Crippen molar-refractivity contribution in [3.8, 4) is 0 Å². The lowest BCUT2D eigenvalue weighted by Gasteiger charge is -2.27. The second-order valence-electron chi connectivity index (χ2n) is 8.93. The van der Waals surface area contributed by atoms with Crippen molar-refractivity contribution in [2.45, 2.75) is 59.9 Å². The first-order chi connectivity index (χ1) is 15.9. The lowest BCUT2D eigenvalue weighted by Crippen LogP contribution is -2.42. The summed E-state index contributed by atoms with van der Waals surface area (Å²) >= 11 is 0. The highest BCUT2D eigenvalue weighted by Gasteiger charge is 2.20. The zero-order valence-electron chi connectivity index (χ0n) is 20.7. The Labute approximate surface area is 198 Å². The van der Waals surface area contributed by atoms with E-state index in [1.807, 2.05) is 49.1 Å². The molecule has 1 aromatic carbocycles. The molecule has 1 aromatic heterocycles. The van der Waals surface area contributed by atoms with E-state index in [1.165, 1.54) is 5.56 Å². The molecule has 6 heteroatoms. The van der Waals surface area contributed by atoms with Crippen LogP contribution in [0.25, 0.3) is 0 Å². The monoisotopic (exact) mass is 456 g/mol. The Morgan fingerprint density at radius 1 is 1.03 bits per heavy atom. The third-order valence-electron chi connectivity index (χ3n) is 5.55. The number of rotatable bonds is 15. The van der Waals surface area contributed by atoms with Gasteiger partial charge in [-0.25, -0.2) is 0 Å². The van der Waals surface area contributed by atoms with Crippen molar-refractivity contribution in [1.82, 2.24) is 9.80 Å². The molecule has 0 fully saturated rings. The largest absolute Gasteiger partial charge is 0.466 e. The minimum atomic E-state index is -0.176. The minimum Gasteiger partial charge on any atom is -0.466 e. The molecule has 0 aliphatic heterocycles. The van der Waals surface area contributed by atoms with Gasteiger partial charge >= 0.3 is 5.97 Å². The van der Waals surface area contributed by atoms with Crippen molar-refractivity contribution in [3.05, 3.63) is 59.5 Å². The number of amides is 1. The molecular weight excluding hydrogens is 416 g/mol. The van der Waals surface area contributed by atoms with Gasteiger partial charge in [0.15, 0.2) is 0 Å². The van der Waals surface area contributed by atoms with Crippen molar-refractivity contribution in [2.75, 3.05) is 32.8 Å². The molecule has 2 aromatic rings. The van der Waals surface area contributed by atoms with Crippen molar-refractivity contribution in [1.29, 1.82) is 0 Å². The summed E-state index contributed by atoms with van der Waals surface area (Å²) in [5, 5.41) is 0. The summed E-state index contributed by atoms with van der Waals surface area (Å²) in [4.78, 5) is 29.2. The van der Waals surface area contributed by atoms with Crippen molar-refractivity contribution >= 4 is 11.9 Å². The van der Waals surface area contributed by atoms with Crippen LogP contribution in [0.1, 0.15) is 57.1 Å².